The molecule has 15 heavy (non-hydrogen) atoms. The van der Waals surface area contributed by atoms with E-state index in [9.17, 15) is 0 Å². The van der Waals surface area contributed by atoms with Gasteiger partial charge < -0.3 is 9.47 Å². The van der Waals surface area contributed by atoms with Crippen LogP contribution in [0.15, 0.2) is 23.7 Å². The summed E-state index contributed by atoms with van der Waals surface area (Å²) in [7, 11) is 3.16. The molecule has 1 aromatic carbocycles. The normalized spacial score (nSPS) is 9.53. The summed E-state index contributed by atoms with van der Waals surface area (Å²) < 4.78 is 11.1. The van der Waals surface area contributed by atoms with Crippen molar-refractivity contribution in [3.05, 3.63) is 24.3 Å². The van der Waals surface area contributed by atoms with Crippen LogP contribution in [-0.4, -0.2) is 20.9 Å². The number of ether oxygens (including phenoxy) is 2. The summed E-state index contributed by atoms with van der Waals surface area (Å²) in [4.78, 5) is 3.90. The van der Waals surface area contributed by atoms with Crippen molar-refractivity contribution in [2.24, 2.45) is 4.99 Å². The molecule has 0 N–H and O–H groups in total. The van der Waals surface area contributed by atoms with E-state index < -0.39 is 0 Å². The van der Waals surface area contributed by atoms with Gasteiger partial charge in [-0.05, 0) is 12.8 Å². The molecule has 80 valence electrons. The van der Waals surface area contributed by atoms with E-state index in [1.807, 2.05) is 0 Å². The second-order valence-electron chi connectivity index (χ2n) is 2.79. The predicted octanol–water partition coefficient (Wildman–Crippen LogP) is 3.40. The van der Waals surface area contributed by atoms with Crippen LogP contribution < -0.4 is 9.47 Å². The Labute approximate surface area is 97.6 Å². The molecule has 0 heterocycles. The summed E-state index contributed by atoms with van der Waals surface area (Å²) in [5.41, 5.74) is 1.54. The zero-order valence-corrected chi connectivity index (χ0v) is 10.3. The quantitative estimate of drug-likeness (QED) is 0.785. The zero-order chi connectivity index (χ0) is 11.4. The van der Waals surface area contributed by atoms with E-state index in [-0.39, 0.29) is 0 Å². The number of halogens is 1. The molecule has 0 aliphatic heterocycles. The number of aliphatic imine (C=N–C) groups is 1. The van der Waals surface area contributed by atoms with Gasteiger partial charge in [-0.15, -0.1) is 0 Å². The third-order valence-electron chi connectivity index (χ3n) is 1.96. The molecule has 0 radical (unpaired) electrons. The minimum absolute atomic E-state index is 0.623. The van der Waals surface area contributed by atoms with Gasteiger partial charge in [0, 0.05) is 16.1 Å². The molecule has 0 saturated carbocycles. The first-order chi connectivity index (χ1) is 7.13. The topological polar surface area (TPSA) is 30.8 Å². The third-order valence-corrected chi connectivity index (χ3v) is 2.39. The zero-order valence-electron chi connectivity index (χ0n) is 8.71. The van der Waals surface area contributed by atoms with Gasteiger partial charge in [0.15, 0.2) is 11.5 Å². The second-order valence-corrected chi connectivity index (χ2v) is 3.74. The standard InChI is InChI=1S/C11H12BrNO2/c1-7(12)8-5-10(14-3)11(15-4)6-9(8)13-2/h5-6H,1-2H2,3-4H3. The Balaban J connectivity index is 3.40. The van der Waals surface area contributed by atoms with E-state index in [0.29, 0.717) is 17.2 Å². The van der Waals surface area contributed by atoms with Crippen LogP contribution in [0, 0.1) is 0 Å². The van der Waals surface area contributed by atoms with Gasteiger partial charge in [0.2, 0.25) is 0 Å². The fourth-order valence-corrected chi connectivity index (χ4v) is 1.53. The number of hydrogen-bond donors (Lipinski definition) is 0. The van der Waals surface area contributed by atoms with Crippen molar-refractivity contribution in [3.8, 4) is 11.5 Å². The highest BCUT2D eigenvalue weighted by Crippen LogP contribution is 2.38. The van der Waals surface area contributed by atoms with Crippen LogP contribution in [0.5, 0.6) is 11.5 Å². The lowest BCUT2D eigenvalue weighted by Gasteiger charge is -2.11. The number of hydrogen-bond acceptors (Lipinski definition) is 3. The Morgan fingerprint density at radius 1 is 1.27 bits per heavy atom. The van der Waals surface area contributed by atoms with E-state index in [0.717, 1.165) is 10.0 Å². The summed E-state index contributed by atoms with van der Waals surface area (Å²) in [5, 5.41) is 0. The first-order valence-corrected chi connectivity index (χ1v) is 5.00. The van der Waals surface area contributed by atoms with E-state index in [1.54, 1.807) is 26.4 Å². The Hall–Kier alpha value is -1.29. The van der Waals surface area contributed by atoms with Crippen LogP contribution in [-0.2, 0) is 0 Å². The molecule has 0 spiro atoms. The molecular weight excluding hydrogens is 258 g/mol. The Kier molecular flexibility index (Phi) is 3.91. The molecule has 0 bridgehead atoms. The lowest BCUT2D eigenvalue weighted by atomic mass is 10.1. The molecule has 0 unspecified atom stereocenters. The van der Waals surface area contributed by atoms with E-state index in [4.69, 9.17) is 9.47 Å². The number of nitrogens with zero attached hydrogens (tertiary/aromatic N) is 1. The van der Waals surface area contributed by atoms with Gasteiger partial charge in [-0.1, -0.05) is 22.5 Å². The smallest absolute Gasteiger partial charge is 0.162 e. The van der Waals surface area contributed by atoms with Gasteiger partial charge in [0.05, 0.1) is 19.9 Å². The lowest BCUT2D eigenvalue weighted by molar-refractivity contribution is 0.355. The van der Waals surface area contributed by atoms with Crippen molar-refractivity contribution in [1.82, 2.24) is 0 Å². The van der Waals surface area contributed by atoms with Crippen molar-refractivity contribution < 1.29 is 9.47 Å². The predicted molar refractivity (Wildman–Crippen MR) is 66.7 cm³/mol. The van der Waals surface area contributed by atoms with Crippen molar-refractivity contribution >= 4 is 32.8 Å². The first kappa shape index (κ1) is 11.8. The van der Waals surface area contributed by atoms with Crippen LogP contribution in [0.4, 0.5) is 5.69 Å². The molecule has 1 rings (SSSR count). The maximum atomic E-state index is 5.18. The largest absolute Gasteiger partial charge is 0.493 e. The van der Waals surface area contributed by atoms with Crippen LogP contribution in [0.25, 0.3) is 4.48 Å². The maximum absolute atomic E-state index is 5.18. The minimum atomic E-state index is 0.623. The van der Waals surface area contributed by atoms with Gasteiger partial charge in [-0.2, -0.15) is 0 Å². The van der Waals surface area contributed by atoms with Gasteiger partial charge >= 0.3 is 0 Å². The molecule has 0 amide bonds. The van der Waals surface area contributed by atoms with Gasteiger partial charge in [-0.3, -0.25) is 4.99 Å². The monoisotopic (exact) mass is 269 g/mol. The molecule has 4 heteroatoms. The first-order valence-electron chi connectivity index (χ1n) is 4.21. The average molecular weight is 270 g/mol. The molecule has 0 saturated heterocycles. The second kappa shape index (κ2) is 4.98. The van der Waals surface area contributed by atoms with Gasteiger partial charge in [0.1, 0.15) is 0 Å². The molecule has 0 aliphatic rings. The molecule has 0 atom stereocenters. The minimum Gasteiger partial charge on any atom is -0.493 e. The third kappa shape index (κ3) is 2.39. The highest BCUT2D eigenvalue weighted by Gasteiger charge is 2.11. The summed E-state index contributed by atoms with van der Waals surface area (Å²) in [6, 6.07) is 3.56. The van der Waals surface area contributed by atoms with Gasteiger partial charge in [-0.25, -0.2) is 0 Å². The maximum Gasteiger partial charge on any atom is 0.162 e. The number of methoxy groups -OCH3 is 2. The fraction of sp³-hybridized carbons (Fsp3) is 0.182. The van der Waals surface area contributed by atoms with Crippen molar-refractivity contribution in [2.45, 2.75) is 0 Å². The van der Waals surface area contributed by atoms with Crippen molar-refractivity contribution in [3.63, 3.8) is 0 Å². The Morgan fingerprint density at radius 2 is 1.80 bits per heavy atom. The van der Waals surface area contributed by atoms with Crippen molar-refractivity contribution in [1.29, 1.82) is 0 Å². The van der Waals surface area contributed by atoms with Gasteiger partial charge in [0.25, 0.3) is 0 Å². The molecule has 0 aliphatic carbocycles. The van der Waals surface area contributed by atoms with E-state index in [2.05, 4.69) is 34.2 Å². The van der Waals surface area contributed by atoms with Crippen molar-refractivity contribution in [2.75, 3.05) is 14.2 Å². The Bertz CT molecular complexity index is 402. The average Bonchev–Trinajstić information content (AvgIpc) is 2.26. The highest BCUT2D eigenvalue weighted by molar-refractivity contribution is 9.15. The molecule has 0 aromatic heterocycles. The number of benzene rings is 1. The van der Waals surface area contributed by atoms with Crippen LogP contribution in [0.1, 0.15) is 5.56 Å². The number of rotatable bonds is 4. The molecule has 3 nitrogen and oxygen atoms in total. The molecule has 0 fully saturated rings. The lowest BCUT2D eigenvalue weighted by Crippen LogP contribution is -1.91. The molecular formula is C11H12BrNO2. The summed E-state index contributed by atoms with van der Waals surface area (Å²) in [6.07, 6.45) is 0. The highest BCUT2D eigenvalue weighted by atomic mass is 79.9. The van der Waals surface area contributed by atoms with Crippen LogP contribution in [0.3, 0.4) is 0 Å². The Morgan fingerprint density at radius 3 is 2.20 bits per heavy atom. The summed E-state index contributed by atoms with van der Waals surface area (Å²) in [6.45, 7) is 7.29. The van der Waals surface area contributed by atoms with E-state index >= 15 is 0 Å². The van der Waals surface area contributed by atoms with Crippen LogP contribution >= 0.6 is 15.9 Å². The SMILES string of the molecule is C=Nc1cc(OC)c(OC)cc1C(=C)Br. The summed E-state index contributed by atoms with van der Waals surface area (Å²) >= 11 is 3.31. The van der Waals surface area contributed by atoms with Crippen LogP contribution in [0.2, 0.25) is 0 Å². The molecule has 1 aromatic rings. The fourth-order valence-electron chi connectivity index (χ4n) is 1.22. The van der Waals surface area contributed by atoms with E-state index in [1.165, 1.54) is 0 Å². The summed E-state index contributed by atoms with van der Waals surface area (Å²) in [5.74, 6) is 1.26.